The number of halogens is 1. The summed E-state index contributed by atoms with van der Waals surface area (Å²) in [6.45, 7) is 2.03. The summed E-state index contributed by atoms with van der Waals surface area (Å²) in [5, 5.41) is 6.94. The standard InChI is InChI=1S/C17H19FN2/c18-15-2-1-3-16-14(15)9-17(20-16)12-4-5-13-10-19-7-6-11(13)8-12/h1,3-5,8,16-17,19-20H,2,6-7,9-10H2. The highest BCUT2D eigenvalue weighted by Gasteiger charge is 2.32. The van der Waals surface area contributed by atoms with Crippen molar-refractivity contribution in [3.8, 4) is 0 Å². The molecule has 104 valence electrons. The molecule has 3 heteroatoms. The molecule has 2 nitrogen and oxygen atoms in total. The lowest BCUT2D eigenvalue weighted by Gasteiger charge is -2.20. The van der Waals surface area contributed by atoms with Crippen molar-refractivity contribution in [1.29, 1.82) is 0 Å². The molecule has 0 spiro atoms. The molecule has 1 saturated heterocycles. The summed E-state index contributed by atoms with van der Waals surface area (Å²) in [7, 11) is 0. The minimum absolute atomic E-state index is 0.0645. The van der Waals surface area contributed by atoms with E-state index in [0.717, 1.165) is 31.5 Å². The zero-order valence-electron chi connectivity index (χ0n) is 11.5. The third kappa shape index (κ3) is 2.02. The summed E-state index contributed by atoms with van der Waals surface area (Å²) in [6, 6.07) is 7.09. The lowest BCUT2D eigenvalue weighted by Crippen LogP contribution is -2.26. The summed E-state index contributed by atoms with van der Waals surface area (Å²) in [4.78, 5) is 0. The Hall–Kier alpha value is -1.45. The van der Waals surface area contributed by atoms with Crippen molar-refractivity contribution < 1.29 is 4.39 Å². The highest BCUT2D eigenvalue weighted by atomic mass is 19.1. The predicted octanol–water partition coefficient (Wildman–Crippen LogP) is 2.92. The summed E-state index contributed by atoms with van der Waals surface area (Å²) in [6.07, 6.45) is 6.39. The molecule has 2 unspecified atom stereocenters. The van der Waals surface area contributed by atoms with Crippen LogP contribution >= 0.6 is 0 Å². The molecule has 1 aromatic carbocycles. The van der Waals surface area contributed by atoms with E-state index < -0.39 is 0 Å². The Bertz CT molecular complexity index is 603. The number of allylic oxidation sites excluding steroid dienone is 2. The van der Waals surface area contributed by atoms with Gasteiger partial charge in [0.05, 0.1) is 0 Å². The molecule has 2 atom stereocenters. The summed E-state index contributed by atoms with van der Waals surface area (Å²) >= 11 is 0. The maximum atomic E-state index is 13.9. The van der Waals surface area contributed by atoms with Crippen LogP contribution in [0.5, 0.6) is 0 Å². The van der Waals surface area contributed by atoms with Gasteiger partial charge >= 0.3 is 0 Å². The van der Waals surface area contributed by atoms with Gasteiger partial charge < -0.3 is 5.32 Å². The van der Waals surface area contributed by atoms with Crippen molar-refractivity contribution in [1.82, 2.24) is 10.6 Å². The number of fused-ring (bicyclic) bond motifs is 2. The second-order valence-corrected chi connectivity index (χ2v) is 5.92. The van der Waals surface area contributed by atoms with Gasteiger partial charge in [-0.15, -0.1) is 0 Å². The van der Waals surface area contributed by atoms with Crippen LogP contribution in [-0.4, -0.2) is 12.6 Å². The first-order chi connectivity index (χ1) is 9.81. The van der Waals surface area contributed by atoms with Crippen LogP contribution in [-0.2, 0) is 13.0 Å². The van der Waals surface area contributed by atoms with E-state index in [0.29, 0.717) is 6.42 Å². The van der Waals surface area contributed by atoms with Crippen molar-refractivity contribution in [3.05, 3.63) is 58.4 Å². The van der Waals surface area contributed by atoms with Gasteiger partial charge in [0.2, 0.25) is 0 Å². The van der Waals surface area contributed by atoms with Crippen molar-refractivity contribution in [3.63, 3.8) is 0 Å². The van der Waals surface area contributed by atoms with E-state index in [-0.39, 0.29) is 17.9 Å². The second kappa shape index (κ2) is 4.83. The largest absolute Gasteiger partial charge is 0.312 e. The highest BCUT2D eigenvalue weighted by Crippen LogP contribution is 2.37. The predicted molar refractivity (Wildman–Crippen MR) is 78.0 cm³/mol. The summed E-state index contributed by atoms with van der Waals surface area (Å²) in [5.74, 6) is 0.0645. The molecule has 1 aliphatic carbocycles. The Balaban J connectivity index is 1.63. The van der Waals surface area contributed by atoms with Crippen LogP contribution in [0.15, 0.2) is 41.8 Å². The van der Waals surface area contributed by atoms with Gasteiger partial charge in [0.1, 0.15) is 5.83 Å². The average molecular weight is 270 g/mol. The van der Waals surface area contributed by atoms with Crippen LogP contribution in [0.2, 0.25) is 0 Å². The van der Waals surface area contributed by atoms with E-state index in [2.05, 4.69) is 34.9 Å². The SMILES string of the molecule is FC1=C2CC(c3ccc4c(c3)CCNC4)NC2C=CC1. The molecule has 0 aromatic heterocycles. The second-order valence-electron chi connectivity index (χ2n) is 5.92. The zero-order valence-corrected chi connectivity index (χ0v) is 11.5. The molecule has 0 bridgehead atoms. The molecule has 2 N–H and O–H groups in total. The molecule has 4 rings (SSSR count). The Kier molecular flexibility index (Phi) is 2.97. The first-order valence-electron chi connectivity index (χ1n) is 7.44. The van der Waals surface area contributed by atoms with Gasteiger partial charge in [0.25, 0.3) is 0 Å². The minimum Gasteiger partial charge on any atom is -0.312 e. The Labute approximate surface area is 118 Å². The summed E-state index contributed by atoms with van der Waals surface area (Å²) in [5.41, 5.74) is 5.11. The van der Waals surface area contributed by atoms with E-state index in [9.17, 15) is 4.39 Å². The minimum atomic E-state index is 0.0645. The maximum absolute atomic E-state index is 13.9. The van der Waals surface area contributed by atoms with Crippen molar-refractivity contribution >= 4 is 0 Å². The maximum Gasteiger partial charge on any atom is 0.105 e. The first-order valence-corrected chi connectivity index (χ1v) is 7.44. The lowest BCUT2D eigenvalue weighted by atomic mass is 9.93. The van der Waals surface area contributed by atoms with Crippen molar-refractivity contribution in [2.75, 3.05) is 6.54 Å². The van der Waals surface area contributed by atoms with E-state index in [1.165, 1.54) is 16.7 Å². The molecule has 20 heavy (non-hydrogen) atoms. The third-order valence-corrected chi connectivity index (χ3v) is 4.67. The van der Waals surface area contributed by atoms with E-state index in [1.807, 2.05) is 6.08 Å². The average Bonchev–Trinajstić information content (AvgIpc) is 2.92. The number of hydrogen-bond acceptors (Lipinski definition) is 2. The molecule has 1 aromatic rings. The van der Waals surface area contributed by atoms with Gasteiger partial charge in [-0.2, -0.15) is 0 Å². The van der Waals surface area contributed by atoms with Crippen molar-refractivity contribution in [2.45, 2.75) is 37.9 Å². The van der Waals surface area contributed by atoms with Gasteiger partial charge in [0.15, 0.2) is 0 Å². The van der Waals surface area contributed by atoms with Gasteiger partial charge in [-0.05, 0) is 41.6 Å². The van der Waals surface area contributed by atoms with Gasteiger partial charge in [0, 0.05) is 25.0 Å². The van der Waals surface area contributed by atoms with Crippen LogP contribution in [0.25, 0.3) is 0 Å². The Morgan fingerprint density at radius 3 is 3.05 bits per heavy atom. The normalized spacial score (nSPS) is 28.4. The van der Waals surface area contributed by atoms with E-state index >= 15 is 0 Å². The fourth-order valence-corrected chi connectivity index (χ4v) is 3.54. The van der Waals surface area contributed by atoms with Gasteiger partial charge in [-0.1, -0.05) is 30.4 Å². The van der Waals surface area contributed by atoms with Crippen LogP contribution < -0.4 is 10.6 Å². The van der Waals surface area contributed by atoms with Gasteiger partial charge in [-0.25, -0.2) is 4.39 Å². The number of benzene rings is 1. The monoisotopic (exact) mass is 270 g/mol. The van der Waals surface area contributed by atoms with E-state index in [4.69, 9.17) is 0 Å². The van der Waals surface area contributed by atoms with Crippen LogP contribution in [0.3, 0.4) is 0 Å². The molecule has 1 fully saturated rings. The molecule has 3 aliphatic rings. The molecule has 0 saturated carbocycles. The van der Waals surface area contributed by atoms with E-state index in [1.54, 1.807) is 0 Å². The zero-order chi connectivity index (χ0) is 13.5. The summed E-state index contributed by atoms with van der Waals surface area (Å²) < 4.78 is 13.9. The Morgan fingerprint density at radius 2 is 2.15 bits per heavy atom. The van der Waals surface area contributed by atoms with Crippen LogP contribution in [0.4, 0.5) is 4.39 Å². The number of nitrogens with one attached hydrogen (secondary N) is 2. The number of rotatable bonds is 1. The Morgan fingerprint density at radius 1 is 1.20 bits per heavy atom. The third-order valence-electron chi connectivity index (χ3n) is 4.67. The molecule has 2 aliphatic heterocycles. The van der Waals surface area contributed by atoms with Gasteiger partial charge in [-0.3, -0.25) is 5.32 Å². The molecule has 2 heterocycles. The van der Waals surface area contributed by atoms with Crippen LogP contribution in [0.1, 0.15) is 35.6 Å². The number of hydrogen-bond donors (Lipinski definition) is 2. The van der Waals surface area contributed by atoms with Crippen molar-refractivity contribution in [2.24, 2.45) is 0 Å². The smallest absolute Gasteiger partial charge is 0.105 e. The molecular formula is C17H19FN2. The highest BCUT2D eigenvalue weighted by molar-refractivity contribution is 5.39. The van der Waals surface area contributed by atoms with Crippen LogP contribution in [0, 0.1) is 0 Å². The molecule has 0 amide bonds. The first kappa shape index (κ1) is 12.3. The lowest BCUT2D eigenvalue weighted by molar-refractivity contribution is 0.582. The molecule has 0 radical (unpaired) electrons. The topological polar surface area (TPSA) is 24.1 Å². The molecular weight excluding hydrogens is 251 g/mol. The fourth-order valence-electron chi connectivity index (χ4n) is 3.54. The fraction of sp³-hybridized carbons (Fsp3) is 0.412. The quantitative estimate of drug-likeness (QED) is 0.767.